The summed E-state index contributed by atoms with van der Waals surface area (Å²) in [7, 11) is 6.15. The summed E-state index contributed by atoms with van der Waals surface area (Å²) in [5.74, 6) is -1.05. The Hall–Kier alpha value is -2.20. The first kappa shape index (κ1) is 33.8. The van der Waals surface area contributed by atoms with E-state index in [1.807, 2.05) is 27.7 Å². The molecule has 0 bridgehead atoms. The smallest absolute Gasteiger partial charge is 0.323 e. The number of nitrogens with one attached hydrogen (secondary N) is 2. The first-order valence-electron chi connectivity index (χ1n) is 13.2. The summed E-state index contributed by atoms with van der Waals surface area (Å²) in [5, 5.41) is 6.31. The molecule has 210 valence electrons. The summed E-state index contributed by atoms with van der Waals surface area (Å²) >= 11 is 0. The predicted octanol–water partition coefficient (Wildman–Crippen LogP) is 2.10. The van der Waals surface area contributed by atoms with Gasteiger partial charge in [0.2, 0.25) is 11.8 Å². The molecule has 0 radical (unpaired) electrons. The van der Waals surface area contributed by atoms with Gasteiger partial charge in [-0.15, -0.1) is 0 Å². The number of carbonyl (C=O) groups is 4. The van der Waals surface area contributed by atoms with E-state index in [2.05, 4.69) is 10.6 Å². The molecule has 36 heavy (non-hydrogen) atoms. The van der Waals surface area contributed by atoms with Crippen molar-refractivity contribution in [2.75, 3.05) is 41.4 Å². The Bertz CT molecular complexity index is 619. The van der Waals surface area contributed by atoms with Gasteiger partial charge in [-0.1, -0.05) is 26.7 Å². The zero-order valence-corrected chi connectivity index (χ0v) is 23.7. The van der Waals surface area contributed by atoms with Crippen molar-refractivity contribution in [1.82, 2.24) is 20.4 Å². The van der Waals surface area contributed by atoms with Crippen molar-refractivity contribution in [2.24, 2.45) is 0 Å². The summed E-state index contributed by atoms with van der Waals surface area (Å²) < 4.78 is 9.67. The van der Waals surface area contributed by atoms with Crippen LogP contribution in [0.4, 0.5) is 0 Å². The Morgan fingerprint density at radius 2 is 1.00 bits per heavy atom. The predicted molar refractivity (Wildman–Crippen MR) is 140 cm³/mol. The van der Waals surface area contributed by atoms with Gasteiger partial charge in [0.1, 0.15) is 12.1 Å². The third-order valence-corrected chi connectivity index (χ3v) is 6.51. The lowest BCUT2D eigenvalue weighted by Gasteiger charge is -2.24. The lowest BCUT2D eigenvalue weighted by atomic mass is 10.1. The summed E-state index contributed by atoms with van der Waals surface area (Å²) in [6.45, 7) is 9.17. The lowest BCUT2D eigenvalue weighted by Crippen LogP contribution is -2.46. The van der Waals surface area contributed by atoms with Crippen molar-refractivity contribution in [2.45, 2.75) is 103 Å². The Kier molecular flexibility index (Phi) is 17.8. The Morgan fingerprint density at radius 1 is 0.667 bits per heavy atom. The van der Waals surface area contributed by atoms with Crippen LogP contribution in [-0.2, 0) is 28.7 Å². The summed E-state index contributed by atoms with van der Waals surface area (Å²) in [6, 6.07) is -1.07. The summed E-state index contributed by atoms with van der Waals surface area (Å²) in [4.78, 5) is 52.5. The highest BCUT2D eigenvalue weighted by Gasteiger charge is 2.26. The average molecular weight is 515 g/mol. The van der Waals surface area contributed by atoms with Gasteiger partial charge >= 0.3 is 11.9 Å². The summed E-state index contributed by atoms with van der Waals surface area (Å²) in [6.07, 6.45) is 5.35. The highest BCUT2D eigenvalue weighted by molar-refractivity contribution is 5.85. The fraction of sp³-hybridized carbons (Fsp3) is 0.846. The van der Waals surface area contributed by atoms with Crippen LogP contribution in [0, 0.1) is 0 Å². The van der Waals surface area contributed by atoms with Crippen molar-refractivity contribution < 1.29 is 28.7 Å². The molecule has 0 aromatic carbocycles. The minimum absolute atomic E-state index is 0.0683. The highest BCUT2D eigenvalue weighted by Crippen LogP contribution is 2.08. The fourth-order valence-corrected chi connectivity index (χ4v) is 3.59. The highest BCUT2D eigenvalue weighted by atomic mass is 16.5. The monoisotopic (exact) mass is 514 g/mol. The molecule has 0 saturated heterocycles. The number of rotatable bonds is 19. The molecule has 2 N–H and O–H groups in total. The molecular formula is C26H50N4O6. The first-order valence-corrected chi connectivity index (χ1v) is 13.2. The molecule has 0 heterocycles. The average Bonchev–Trinajstić information content (AvgIpc) is 2.87. The van der Waals surface area contributed by atoms with Gasteiger partial charge in [-0.25, -0.2) is 0 Å². The van der Waals surface area contributed by atoms with E-state index in [1.54, 1.807) is 23.9 Å². The fourth-order valence-electron chi connectivity index (χ4n) is 3.59. The number of unbranched alkanes of at least 4 members (excludes halogenated alkanes) is 3. The van der Waals surface area contributed by atoms with Gasteiger partial charge in [0.15, 0.2) is 0 Å². The number of methoxy groups -OCH3 is 2. The van der Waals surface area contributed by atoms with E-state index >= 15 is 0 Å². The maximum atomic E-state index is 12.6. The SMILES string of the molecule is CCC(C)NC(CC(=O)N(C)CCCCCCN(C)C(=O)CC(NC(C)CC)C(=O)OC)C(=O)OC. The van der Waals surface area contributed by atoms with Crippen molar-refractivity contribution >= 4 is 23.8 Å². The zero-order chi connectivity index (χ0) is 27.7. The molecule has 10 heteroatoms. The molecule has 10 nitrogen and oxygen atoms in total. The number of ether oxygens (including phenoxy) is 2. The van der Waals surface area contributed by atoms with Crippen LogP contribution in [0.5, 0.6) is 0 Å². The van der Waals surface area contributed by atoms with Crippen LogP contribution in [-0.4, -0.2) is 99.1 Å². The van der Waals surface area contributed by atoms with E-state index in [0.717, 1.165) is 38.5 Å². The van der Waals surface area contributed by atoms with Gasteiger partial charge < -0.3 is 29.9 Å². The van der Waals surface area contributed by atoms with E-state index < -0.39 is 24.0 Å². The third-order valence-electron chi connectivity index (χ3n) is 6.51. The van der Waals surface area contributed by atoms with Crippen LogP contribution in [0.15, 0.2) is 0 Å². The van der Waals surface area contributed by atoms with Crippen molar-refractivity contribution in [3.8, 4) is 0 Å². The third kappa shape index (κ3) is 13.8. The molecule has 0 fully saturated rings. The molecule has 0 aromatic heterocycles. The molecule has 0 rings (SSSR count). The van der Waals surface area contributed by atoms with Crippen LogP contribution in [0.25, 0.3) is 0 Å². The van der Waals surface area contributed by atoms with Crippen LogP contribution in [0.2, 0.25) is 0 Å². The van der Waals surface area contributed by atoms with Gasteiger partial charge in [-0.05, 0) is 39.5 Å². The van der Waals surface area contributed by atoms with Crippen LogP contribution < -0.4 is 10.6 Å². The maximum absolute atomic E-state index is 12.6. The molecule has 0 aromatic rings. The zero-order valence-electron chi connectivity index (χ0n) is 23.7. The molecule has 0 aliphatic rings. The second-order valence-corrected chi connectivity index (χ2v) is 9.56. The Balaban J connectivity index is 4.36. The van der Waals surface area contributed by atoms with Crippen LogP contribution in [0.3, 0.4) is 0 Å². The number of carbonyl (C=O) groups excluding carboxylic acids is 4. The molecule has 4 atom stereocenters. The normalized spacial score (nSPS) is 14.3. The van der Waals surface area contributed by atoms with Crippen molar-refractivity contribution in [3.63, 3.8) is 0 Å². The van der Waals surface area contributed by atoms with E-state index in [0.29, 0.717) is 13.1 Å². The number of amides is 2. The molecule has 0 aliphatic carbocycles. The molecular weight excluding hydrogens is 464 g/mol. The number of nitrogens with zero attached hydrogens (tertiary/aromatic N) is 2. The maximum Gasteiger partial charge on any atom is 0.323 e. The first-order chi connectivity index (χ1) is 17.0. The molecule has 0 aliphatic heterocycles. The second-order valence-electron chi connectivity index (χ2n) is 9.56. The topological polar surface area (TPSA) is 117 Å². The molecule has 4 unspecified atom stereocenters. The number of hydrogen-bond acceptors (Lipinski definition) is 8. The quantitative estimate of drug-likeness (QED) is 0.199. The van der Waals surface area contributed by atoms with Crippen LogP contribution >= 0.6 is 0 Å². The molecule has 0 spiro atoms. The van der Waals surface area contributed by atoms with Gasteiger partial charge in [-0.3, -0.25) is 19.2 Å². The van der Waals surface area contributed by atoms with Gasteiger partial charge in [0.25, 0.3) is 0 Å². The minimum atomic E-state index is -0.646. The van der Waals surface area contributed by atoms with E-state index in [1.165, 1.54) is 14.2 Å². The molecule has 2 amide bonds. The Labute approximate surface area is 217 Å². The van der Waals surface area contributed by atoms with Gasteiger partial charge in [0, 0.05) is 39.3 Å². The van der Waals surface area contributed by atoms with E-state index in [4.69, 9.17) is 9.47 Å². The van der Waals surface area contributed by atoms with Crippen molar-refractivity contribution in [3.05, 3.63) is 0 Å². The standard InChI is InChI=1S/C26H50N4O6/c1-9-19(3)27-21(25(33)35-7)17-23(31)29(5)15-13-11-12-14-16-30(6)24(32)18-22(26(34)36-8)28-20(4)10-2/h19-22,27-28H,9-18H2,1-8H3. The second kappa shape index (κ2) is 19.0. The van der Waals surface area contributed by atoms with Crippen LogP contribution in [0.1, 0.15) is 79.1 Å². The number of hydrogen-bond donors (Lipinski definition) is 2. The van der Waals surface area contributed by atoms with E-state index in [-0.39, 0.29) is 36.7 Å². The largest absolute Gasteiger partial charge is 0.468 e. The van der Waals surface area contributed by atoms with Gasteiger partial charge in [-0.2, -0.15) is 0 Å². The lowest BCUT2D eigenvalue weighted by molar-refractivity contribution is -0.146. The summed E-state index contributed by atoms with van der Waals surface area (Å²) in [5.41, 5.74) is 0. The Morgan fingerprint density at radius 3 is 1.28 bits per heavy atom. The van der Waals surface area contributed by atoms with E-state index in [9.17, 15) is 19.2 Å². The van der Waals surface area contributed by atoms with Crippen molar-refractivity contribution in [1.29, 1.82) is 0 Å². The minimum Gasteiger partial charge on any atom is -0.468 e. The van der Waals surface area contributed by atoms with Gasteiger partial charge in [0.05, 0.1) is 27.1 Å². The molecule has 0 saturated carbocycles. The number of esters is 2.